The normalized spacial score (nSPS) is 45.4. The van der Waals surface area contributed by atoms with Crippen LogP contribution in [0.4, 0.5) is 0 Å². The Balaban J connectivity index is 1.48. The molecule has 3 aliphatic carbocycles. The second kappa shape index (κ2) is 5.08. The predicted octanol–water partition coefficient (Wildman–Crippen LogP) is 2.48. The van der Waals surface area contributed by atoms with Crippen LogP contribution in [0.25, 0.3) is 0 Å². The lowest BCUT2D eigenvalue weighted by Crippen LogP contribution is -2.47. The number of aliphatic hydroxyl groups is 1. The van der Waals surface area contributed by atoms with E-state index in [1.54, 1.807) is 0 Å². The number of amides is 1. The number of hydrogen-bond acceptors (Lipinski definition) is 2. The molecule has 0 aromatic carbocycles. The lowest BCUT2D eigenvalue weighted by molar-refractivity contribution is -0.128. The second-order valence-electron chi connectivity index (χ2n) is 7.41. The maximum Gasteiger partial charge on any atom is 0.223 e. The van der Waals surface area contributed by atoms with Crippen molar-refractivity contribution in [3.63, 3.8) is 0 Å². The molecule has 3 atom stereocenters. The molecular formula is C16H27NO2. The third-order valence-corrected chi connectivity index (χ3v) is 5.87. The van der Waals surface area contributed by atoms with Gasteiger partial charge in [-0.25, -0.2) is 0 Å². The van der Waals surface area contributed by atoms with Crippen LogP contribution in [0.1, 0.15) is 58.3 Å². The summed E-state index contributed by atoms with van der Waals surface area (Å²) in [7, 11) is 0. The lowest BCUT2D eigenvalue weighted by atomic mass is 9.79. The van der Waals surface area contributed by atoms with Crippen LogP contribution in [-0.4, -0.2) is 23.2 Å². The minimum absolute atomic E-state index is 0.208. The minimum Gasteiger partial charge on any atom is -0.388 e. The monoisotopic (exact) mass is 265 g/mol. The molecule has 3 saturated carbocycles. The van der Waals surface area contributed by atoms with Gasteiger partial charge in [-0.15, -0.1) is 0 Å². The van der Waals surface area contributed by atoms with E-state index in [1.807, 2.05) is 0 Å². The molecule has 19 heavy (non-hydrogen) atoms. The Bertz CT molecular complexity index is 347. The minimum atomic E-state index is -0.639. The van der Waals surface area contributed by atoms with E-state index in [2.05, 4.69) is 12.2 Å². The van der Waals surface area contributed by atoms with E-state index in [4.69, 9.17) is 0 Å². The van der Waals surface area contributed by atoms with E-state index in [0.717, 1.165) is 43.9 Å². The van der Waals surface area contributed by atoms with Gasteiger partial charge in [0.05, 0.1) is 5.60 Å². The van der Waals surface area contributed by atoms with Crippen molar-refractivity contribution < 1.29 is 9.90 Å². The summed E-state index contributed by atoms with van der Waals surface area (Å²) < 4.78 is 0. The predicted molar refractivity (Wildman–Crippen MR) is 74.5 cm³/mol. The molecule has 108 valence electrons. The summed E-state index contributed by atoms with van der Waals surface area (Å²) in [5.41, 5.74) is -0.639. The molecule has 3 heteroatoms. The molecule has 0 radical (unpaired) electrons. The van der Waals surface area contributed by atoms with Crippen LogP contribution in [0.3, 0.4) is 0 Å². The summed E-state index contributed by atoms with van der Waals surface area (Å²) in [5, 5.41) is 13.5. The van der Waals surface area contributed by atoms with Gasteiger partial charge in [-0.3, -0.25) is 4.79 Å². The van der Waals surface area contributed by atoms with Gasteiger partial charge < -0.3 is 10.4 Å². The standard InChI is InChI=1S/C16H27NO2/c1-11-4-6-16(19,7-5-11)10-17-15(18)14-9-12-2-3-13(14)8-12/h11-14,19H,2-10H2,1H3,(H,17,18). The summed E-state index contributed by atoms with van der Waals surface area (Å²) in [6.07, 6.45) is 8.77. The Labute approximate surface area is 116 Å². The summed E-state index contributed by atoms with van der Waals surface area (Å²) in [5.74, 6) is 2.61. The van der Waals surface area contributed by atoms with Crippen LogP contribution >= 0.6 is 0 Å². The number of carbonyl (C=O) groups excluding carboxylic acids is 1. The van der Waals surface area contributed by atoms with Gasteiger partial charge in [0.15, 0.2) is 0 Å². The van der Waals surface area contributed by atoms with E-state index in [-0.39, 0.29) is 11.8 Å². The fourth-order valence-corrected chi connectivity index (χ4v) is 4.42. The van der Waals surface area contributed by atoms with Crippen molar-refractivity contribution in [2.75, 3.05) is 6.54 Å². The summed E-state index contributed by atoms with van der Waals surface area (Å²) in [6, 6.07) is 0. The molecule has 0 aromatic rings. The number of nitrogens with one attached hydrogen (secondary N) is 1. The van der Waals surface area contributed by atoms with E-state index >= 15 is 0 Å². The molecule has 3 aliphatic rings. The number of hydrogen-bond donors (Lipinski definition) is 2. The zero-order valence-corrected chi connectivity index (χ0v) is 12.0. The highest BCUT2D eigenvalue weighted by Crippen LogP contribution is 2.48. The average molecular weight is 265 g/mol. The van der Waals surface area contributed by atoms with Crippen LogP contribution in [0.15, 0.2) is 0 Å². The maximum atomic E-state index is 12.3. The van der Waals surface area contributed by atoms with Gasteiger partial charge in [0, 0.05) is 12.5 Å². The van der Waals surface area contributed by atoms with E-state index in [0.29, 0.717) is 12.5 Å². The Morgan fingerprint density at radius 1 is 1.21 bits per heavy atom. The van der Waals surface area contributed by atoms with Gasteiger partial charge in [0.25, 0.3) is 0 Å². The topological polar surface area (TPSA) is 49.3 Å². The van der Waals surface area contributed by atoms with Crippen LogP contribution in [0.5, 0.6) is 0 Å². The van der Waals surface area contributed by atoms with Gasteiger partial charge in [-0.1, -0.05) is 13.3 Å². The zero-order valence-electron chi connectivity index (χ0n) is 12.0. The molecule has 3 rings (SSSR count). The van der Waals surface area contributed by atoms with E-state index < -0.39 is 5.60 Å². The first kappa shape index (κ1) is 13.4. The van der Waals surface area contributed by atoms with Crippen LogP contribution in [0, 0.1) is 23.7 Å². The van der Waals surface area contributed by atoms with Crippen LogP contribution < -0.4 is 5.32 Å². The largest absolute Gasteiger partial charge is 0.388 e. The third-order valence-electron chi connectivity index (χ3n) is 5.87. The Hall–Kier alpha value is -0.570. The Morgan fingerprint density at radius 3 is 2.53 bits per heavy atom. The first-order valence-corrected chi connectivity index (χ1v) is 8.06. The van der Waals surface area contributed by atoms with E-state index in [1.165, 1.54) is 19.3 Å². The van der Waals surface area contributed by atoms with Gasteiger partial charge >= 0.3 is 0 Å². The molecule has 0 saturated heterocycles. The van der Waals surface area contributed by atoms with Gasteiger partial charge in [-0.2, -0.15) is 0 Å². The van der Waals surface area contributed by atoms with Gasteiger partial charge in [0.2, 0.25) is 5.91 Å². The molecule has 3 unspecified atom stereocenters. The highest BCUT2D eigenvalue weighted by atomic mass is 16.3. The molecule has 0 heterocycles. The van der Waals surface area contributed by atoms with Crippen LogP contribution in [-0.2, 0) is 4.79 Å². The Morgan fingerprint density at radius 2 is 1.95 bits per heavy atom. The summed E-state index contributed by atoms with van der Waals surface area (Å²) >= 11 is 0. The fourth-order valence-electron chi connectivity index (χ4n) is 4.42. The van der Waals surface area contributed by atoms with Crippen molar-refractivity contribution in [2.24, 2.45) is 23.7 Å². The lowest BCUT2D eigenvalue weighted by Gasteiger charge is -2.35. The highest BCUT2D eigenvalue weighted by molar-refractivity contribution is 5.79. The molecule has 3 fully saturated rings. The average Bonchev–Trinajstić information content (AvgIpc) is 3.02. The van der Waals surface area contributed by atoms with Crippen molar-refractivity contribution >= 4 is 5.91 Å². The number of carbonyl (C=O) groups is 1. The molecule has 1 amide bonds. The van der Waals surface area contributed by atoms with Crippen molar-refractivity contribution in [2.45, 2.75) is 63.9 Å². The second-order valence-corrected chi connectivity index (χ2v) is 7.41. The molecule has 0 spiro atoms. The first-order valence-electron chi connectivity index (χ1n) is 8.06. The molecule has 3 nitrogen and oxygen atoms in total. The molecule has 0 aromatic heterocycles. The van der Waals surface area contributed by atoms with Crippen molar-refractivity contribution in [3.8, 4) is 0 Å². The summed E-state index contributed by atoms with van der Waals surface area (Å²) in [4.78, 5) is 12.3. The van der Waals surface area contributed by atoms with Gasteiger partial charge in [-0.05, 0) is 62.7 Å². The first-order chi connectivity index (χ1) is 9.06. The smallest absolute Gasteiger partial charge is 0.223 e. The van der Waals surface area contributed by atoms with Gasteiger partial charge in [0.1, 0.15) is 0 Å². The van der Waals surface area contributed by atoms with Crippen LogP contribution in [0.2, 0.25) is 0 Å². The fraction of sp³-hybridized carbons (Fsp3) is 0.938. The third kappa shape index (κ3) is 2.81. The number of fused-ring (bicyclic) bond motifs is 2. The Kier molecular flexibility index (Phi) is 3.59. The summed E-state index contributed by atoms with van der Waals surface area (Å²) in [6.45, 7) is 2.71. The van der Waals surface area contributed by atoms with Crippen molar-refractivity contribution in [1.29, 1.82) is 0 Å². The zero-order chi connectivity index (χ0) is 13.5. The molecule has 2 N–H and O–H groups in total. The van der Waals surface area contributed by atoms with E-state index in [9.17, 15) is 9.90 Å². The maximum absolute atomic E-state index is 12.3. The molecule has 0 aliphatic heterocycles. The molecule has 2 bridgehead atoms. The highest BCUT2D eigenvalue weighted by Gasteiger charge is 2.43. The van der Waals surface area contributed by atoms with Crippen molar-refractivity contribution in [3.05, 3.63) is 0 Å². The SMILES string of the molecule is CC1CCC(O)(CNC(=O)C2CC3CCC2C3)CC1. The quantitative estimate of drug-likeness (QED) is 0.823. The number of rotatable bonds is 3. The molecular weight excluding hydrogens is 238 g/mol. The van der Waals surface area contributed by atoms with Crippen molar-refractivity contribution in [1.82, 2.24) is 5.32 Å².